The van der Waals surface area contributed by atoms with Crippen LogP contribution in [0.15, 0.2) is 24.5 Å². The third-order valence-corrected chi connectivity index (χ3v) is 7.84. The molecule has 1 saturated carbocycles. The van der Waals surface area contributed by atoms with Crippen molar-refractivity contribution in [2.75, 3.05) is 23.3 Å². The van der Waals surface area contributed by atoms with E-state index < -0.39 is 23.4 Å². The molecule has 2 aliphatic heterocycles. The third-order valence-electron chi connectivity index (χ3n) is 7.64. The molecule has 184 valence electrons. The van der Waals surface area contributed by atoms with Crippen molar-refractivity contribution in [1.82, 2.24) is 24.7 Å². The van der Waals surface area contributed by atoms with Gasteiger partial charge in [-0.1, -0.05) is 24.1 Å². The summed E-state index contributed by atoms with van der Waals surface area (Å²) in [4.78, 5) is 15.4. The molecule has 2 bridgehead atoms. The predicted molar refractivity (Wildman–Crippen MR) is 125 cm³/mol. The van der Waals surface area contributed by atoms with E-state index in [1.807, 2.05) is 0 Å². The first-order valence-corrected chi connectivity index (χ1v) is 12.4. The molecule has 11 heteroatoms. The molecule has 1 aromatic carbocycles. The van der Waals surface area contributed by atoms with Crippen LogP contribution < -0.4 is 10.2 Å². The van der Waals surface area contributed by atoms with Crippen LogP contribution in [0.2, 0.25) is 5.15 Å². The number of nitrogens with one attached hydrogen (secondary N) is 1. The zero-order valence-electron chi connectivity index (χ0n) is 19.0. The zero-order chi connectivity index (χ0) is 24.1. The number of fused-ring (bicyclic) bond motifs is 3. The number of hydrogen-bond acceptors (Lipinski definition) is 6. The summed E-state index contributed by atoms with van der Waals surface area (Å²) in [6.07, 6.45) is 5.96. The normalized spacial score (nSPS) is 25.9. The Morgan fingerprint density at radius 2 is 1.77 bits per heavy atom. The maximum atomic E-state index is 14.7. The summed E-state index contributed by atoms with van der Waals surface area (Å²) in [5, 5.41) is 8.67. The van der Waals surface area contributed by atoms with Crippen molar-refractivity contribution < 1.29 is 13.2 Å². The Balaban J connectivity index is 1.24. The predicted octanol–water partition coefficient (Wildman–Crippen LogP) is 4.78. The second-order valence-electron chi connectivity index (χ2n) is 9.70. The molecule has 4 atom stereocenters. The molecule has 3 aromatic rings. The lowest BCUT2D eigenvalue weighted by atomic mass is 9.92. The van der Waals surface area contributed by atoms with E-state index in [0.717, 1.165) is 50.7 Å². The number of halogens is 4. The molecule has 0 spiro atoms. The fourth-order valence-corrected chi connectivity index (χ4v) is 6.11. The molecule has 4 heterocycles. The Bertz CT molecular complexity index is 1240. The highest BCUT2D eigenvalue weighted by atomic mass is 35.5. The number of nitrogens with zero attached hydrogens (tertiary/aromatic N) is 6. The molecule has 2 fully saturated rings. The van der Waals surface area contributed by atoms with Gasteiger partial charge in [-0.25, -0.2) is 27.8 Å². The van der Waals surface area contributed by atoms with Gasteiger partial charge in [0.15, 0.2) is 17.5 Å². The van der Waals surface area contributed by atoms with Gasteiger partial charge in [-0.2, -0.15) is 4.98 Å². The minimum Gasteiger partial charge on any atom is -0.356 e. The smallest absolute Gasteiger partial charge is 0.242 e. The van der Waals surface area contributed by atoms with Crippen LogP contribution in [-0.4, -0.2) is 43.9 Å². The number of piperidine rings is 1. The van der Waals surface area contributed by atoms with Crippen LogP contribution in [0.5, 0.6) is 0 Å². The van der Waals surface area contributed by atoms with Crippen molar-refractivity contribution >= 4 is 23.4 Å². The summed E-state index contributed by atoms with van der Waals surface area (Å²) in [6.45, 7) is 2.35. The van der Waals surface area contributed by atoms with Gasteiger partial charge in [0.1, 0.15) is 23.1 Å². The number of aryl methyl sites for hydroxylation is 1. The fraction of sp³-hybridized carbons (Fsp3) is 0.500. The number of hydrogen-bond donors (Lipinski definition) is 1. The van der Waals surface area contributed by atoms with Gasteiger partial charge in [0.25, 0.3) is 0 Å². The van der Waals surface area contributed by atoms with E-state index in [1.165, 1.54) is 12.4 Å². The molecule has 7 nitrogen and oxygen atoms in total. The van der Waals surface area contributed by atoms with Crippen LogP contribution >= 0.6 is 11.6 Å². The summed E-state index contributed by atoms with van der Waals surface area (Å²) >= 11 is 6.06. The summed E-state index contributed by atoms with van der Waals surface area (Å²) < 4.78 is 44.0. The Hall–Kier alpha value is -2.88. The van der Waals surface area contributed by atoms with Gasteiger partial charge in [-0.3, -0.25) is 0 Å². The van der Waals surface area contributed by atoms with Gasteiger partial charge in [-0.15, -0.1) is 5.10 Å². The van der Waals surface area contributed by atoms with E-state index in [2.05, 4.69) is 25.3 Å². The van der Waals surface area contributed by atoms with Crippen molar-refractivity contribution in [3.8, 4) is 0 Å². The average molecular weight is 504 g/mol. The maximum absolute atomic E-state index is 14.7. The van der Waals surface area contributed by atoms with E-state index in [1.54, 1.807) is 10.7 Å². The van der Waals surface area contributed by atoms with Crippen LogP contribution in [0, 0.1) is 29.3 Å². The average Bonchev–Trinajstić information content (AvgIpc) is 3.25. The summed E-state index contributed by atoms with van der Waals surface area (Å²) in [6, 6.07) is 4.31. The molecule has 35 heavy (non-hydrogen) atoms. The summed E-state index contributed by atoms with van der Waals surface area (Å²) in [5.41, 5.74) is 0.128. The molecule has 0 radical (unpaired) electrons. The number of anilines is 2. The van der Waals surface area contributed by atoms with Gasteiger partial charge in [0.05, 0.1) is 0 Å². The van der Waals surface area contributed by atoms with Crippen molar-refractivity contribution in [2.24, 2.45) is 11.8 Å². The van der Waals surface area contributed by atoms with Crippen molar-refractivity contribution in [1.29, 1.82) is 0 Å². The van der Waals surface area contributed by atoms with Crippen molar-refractivity contribution in [2.45, 2.75) is 50.6 Å². The molecule has 1 aliphatic carbocycles. The molecule has 3 aliphatic rings. The van der Waals surface area contributed by atoms with Crippen LogP contribution in [0.4, 0.5) is 24.9 Å². The van der Waals surface area contributed by atoms with Crippen LogP contribution in [0.1, 0.15) is 49.4 Å². The van der Waals surface area contributed by atoms with E-state index in [-0.39, 0.29) is 11.6 Å². The summed E-state index contributed by atoms with van der Waals surface area (Å²) in [7, 11) is 0. The largest absolute Gasteiger partial charge is 0.356 e. The van der Waals surface area contributed by atoms with E-state index in [9.17, 15) is 13.2 Å². The first-order chi connectivity index (χ1) is 17.0. The lowest BCUT2D eigenvalue weighted by molar-refractivity contribution is 0.374. The molecule has 6 rings (SSSR count). The second kappa shape index (κ2) is 8.96. The van der Waals surface area contributed by atoms with Gasteiger partial charge < -0.3 is 10.2 Å². The number of benzene rings is 1. The van der Waals surface area contributed by atoms with Gasteiger partial charge >= 0.3 is 0 Å². The lowest BCUT2D eigenvalue weighted by Gasteiger charge is -2.38. The molecule has 0 unspecified atom stereocenters. The van der Waals surface area contributed by atoms with Crippen LogP contribution in [0.25, 0.3) is 0 Å². The molecule has 2 aromatic heterocycles. The van der Waals surface area contributed by atoms with Crippen LogP contribution in [0.3, 0.4) is 0 Å². The molecular formula is C24H25ClF3N7. The highest BCUT2D eigenvalue weighted by Crippen LogP contribution is 2.40. The lowest BCUT2D eigenvalue weighted by Crippen LogP contribution is -2.48. The Morgan fingerprint density at radius 3 is 2.54 bits per heavy atom. The minimum atomic E-state index is -1.44. The van der Waals surface area contributed by atoms with E-state index >= 15 is 0 Å². The topological polar surface area (TPSA) is 71.8 Å². The Kier molecular flexibility index (Phi) is 5.78. The van der Waals surface area contributed by atoms with Crippen molar-refractivity contribution in [3.63, 3.8) is 0 Å². The fourth-order valence-electron chi connectivity index (χ4n) is 5.97. The SMILES string of the molecule is Fc1ccc([C@@H]2CCCCn3nc(N[C@@H]4[C@@H]5CC[C@H]4CN(c4cc(Cl)ncn4)C5)nc32)c(F)c1F. The quantitative estimate of drug-likeness (QED) is 0.408. The standard InChI is InChI=1S/C24H25ClF3N7/c25-18-9-19(30-12-29-18)34-10-13-4-5-14(11-34)22(13)31-24-32-23-16(3-1-2-8-35(23)33-24)15-6-7-17(26)21(28)20(15)27/h6-7,9,12-14,16,22H,1-5,8,10-11H2,(H,31,33)/t13-,14+,16-,22-/m0/s1. The first kappa shape index (κ1) is 22.6. The number of aromatic nitrogens is 5. The van der Waals surface area contributed by atoms with Gasteiger partial charge in [0.2, 0.25) is 5.95 Å². The molecule has 0 amide bonds. The molecule has 1 saturated heterocycles. The van der Waals surface area contributed by atoms with Crippen LogP contribution in [-0.2, 0) is 6.54 Å². The Morgan fingerprint density at radius 1 is 0.971 bits per heavy atom. The molecule has 1 N–H and O–H groups in total. The number of rotatable bonds is 4. The van der Waals surface area contributed by atoms with Gasteiger partial charge in [-0.05, 0) is 43.6 Å². The highest BCUT2D eigenvalue weighted by molar-refractivity contribution is 6.29. The second-order valence-corrected chi connectivity index (χ2v) is 10.1. The highest BCUT2D eigenvalue weighted by Gasteiger charge is 2.43. The first-order valence-electron chi connectivity index (χ1n) is 12.0. The van der Waals surface area contributed by atoms with Crippen molar-refractivity contribution in [3.05, 3.63) is 58.5 Å². The Labute approximate surface area is 205 Å². The monoisotopic (exact) mass is 503 g/mol. The zero-order valence-corrected chi connectivity index (χ0v) is 19.7. The minimum absolute atomic E-state index is 0.128. The molecular weight excluding hydrogens is 479 g/mol. The third kappa shape index (κ3) is 4.11. The summed E-state index contributed by atoms with van der Waals surface area (Å²) in [5.74, 6) is -1.52. The van der Waals surface area contributed by atoms with Gasteiger partial charge in [0, 0.05) is 43.2 Å². The van der Waals surface area contributed by atoms with E-state index in [4.69, 9.17) is 16.6 Å². The van der Waals surface area contributed by atoms with E-state index in [0.29, 0.717) is 41.7 Å². The maximum Gasteiger partial charge on any atom is 0.242 e.